The van der Waals surface area contributed by atoms with Crippen LogP contribution in [0.25, 0.3) is 0 Å². The number of rotatable bonds is 2. The zero-order valence-electron chi connectivity index (χ0n) is 7.70. The minimum absolute atomic E-state index is 0.101. The van der Waals surface area contributed by atoms with Crippen LogP contribution >= 0.6 is 0 Å². The van der Waals surface area contributed by atoms with Crippen LogP contribution in [0.5, 0.6) is 0 Å². The van der Waals surface area contributed by atoms with E-state index in [0.717, 1.165) is 12.8 Å². The largest absolute Gasteiger partial charge is 0.347 e. The van der Waals surface area contributed by atoms with Gasteiger partial charge in [0.25, 0.3) is 0 Å². The number of ether oxygens (including phenoxy) is 2. The van der Waals surface area contributed by atoms with Crippen molar-refractivity contribution < 1.29 is 9.47 Å². The molecule has 4 heteroatoms. The third-order valence-corrected chi connectivity index (χ3v) is 2.81. The first-order valence-electron chi connectivity index (χ1n) is 4.96. The zero-order valence-corrected chi connectivity index (χ0v) is 7.70. The monoisotopic (exact) mass is 185 g/mol. The molecule has 0 radical (unpaired) electrons. The summed E-state index contributed by atoms with van der Waals surface area (Å²) >= 11 is 0. The fourth-order valence-corrected chi connectivity index (χ4v) is 2.14. The lowest BCUT2D eigenvalue weighted by Gasteiger charge is -2.31. The van der Waals surface area contributed by atoms with E-state index in [2.05, 4.69) is 5.18 Å². The minimum Gasteiger partial charge on any atom is -0.347 e. The highest BCUT2D eigenvalue weighted by Gasteiger charge is 2.42. The van der Waals surface area contributed by atoms with E-state index in [-0.39, 0.29) is 18.4 Å². The highest BCUT2D eigenvalue weighted by molar-refractivity contribution is 4.82. The molecule has 1 aliphatic heterocycles. The smallest absolute Gasteiger partial charge is 0.168 e. The lowest BCUT2D eigenvalue weighted by molar-refractivity contribution is -0.186. The first-order chi connectivity index (χ1) is 6.35. The van der Waals surface area contributed by atoms with Crippen LogP contribution in [-0.2, 0) is 9.47 Å². The Morgan fingerprint density at radius 1 is 1.31 bits per heavy atom. The Labute approximate surface area is 77.6 Å². The molecule has 0 bridgehead atoms. The second-order valence-electron chi connectivity index (χ2n) is 3.83. The van der Waals surface area contributed by atoms with Crippen molar-refractivity contribution in [2.24, 2.45) is 5.18 Å². The summed E-state index contributed by atoms with van der Waals surface area (Å²) in [6.07, 6.45) is 5.45. The maximum atomic E-state index is 10.0. The molecular weight excluding hydrogens is 170 g/mol. The van der Waals surface area contributed by atoms with Gasteiger partial charge in [-0.25, -0.2) is 0 Å². The molecule has 2 rings (SSSR count). The quantitative estimate of drug-likeness (QED) is 0.616. The van der Waals surface area contributed by atoms with E-state index in [4.69, 9.17) is 9.47 Å². The average Bonchev–Trinajstić information content (AvgIpc) is 2.51. The molecule has 74 valence electrons. The van der Waals surface area contributed by atoms with Gasteiger partial charge < -0.3 is 9.47 Å². The molecule has 1 aliphatic carbocycles. The molecule has 0 aromatic rings. The van der Waals surface area contributed by atoms with Crippen LogP contribution in [0.4, 0.5) is 0 Å². The van der Waals surface area contributed by atoms with Crippen LogP contribution in [-0.4, -0.2) is 25.0 Å². The van der Waals surface area contributed by atoms with Gasteiger partial charge in [0.15, 0.2) is 5.79 Å². The molecule has 2 aliphatic rings. The molecule has 1 saturated carbocycles. The van der Waals surface area contributed by atoms with Gasteiger partial charge in [0, 0.05) is 12.8 Å². The lowest BCUT2D eigenvalue weighted by Crippen LogP contribution is -2.33. The molecule has 1 unspecified atom stereocenters. The van der Waals surface area contributed by atoms with E-state index < -0.39 is 0 Å². The van der Waals surface area contributed by atoms with Gasteiger partial charge in [-0.05, 0) is 12.8 Å². The molecule has 0 aromatic heterocycles. The summed E-state index contributed by atoms with van der Waals surface area (Å²) in [6.45, 7) is 0.757. The van der Waals surface area contributed by atoms with Crippen molar-refractivity contribution in [3.8, 4) is 0 Å². The molecule has 1 spiro atoms. The Balaban J connectivity index is 1.90. The van der Waals surface area contributed by atoms with Gasteiger partial charge in [0.05, 0.1) is 6.61 Å². The van der Waals surface area contributed by atoms with Gasteiger partial charge in [-0.1, -0.05) is 11.6 Å². The summed E-state index contributed by atoms with van der Waals surface area (Å²) in [6, 6.07) is 0. The summed E-state index contributed by atoms with van der Waals surface area (Å²) in [5.41, 5.74) is 0. The molecule has 0 amide bonds. The maximum Gasteiger partial charge on any atom is 0.168 e. The van der Waals surface area contributed by atoms with Crippen molar-refractivity contribution in [1.29, 1.82) is 0 Å². The lowest BCUT2D eigenvalue weighted by atomic mass is 9.94. The normalized spacial score (nSPS) is 32.2. The van der Waals surface area contributed by atoms with E-state index in [0.29, 0.717) is 6.61 Å². The Kier molecular flexibility index (Phi) is 2.60. The van der Waals surface area contributed by atoms with Crippen molar-refractivity contribution >= 4 is 0 Å². The minimum atomic E-state index is -0.354. The predicted molar refractivity (Wildman–Crippen MR) is 47.3 cm³/mol. The van der Waals surface area contributed by atoms with Gasteiger partial charge in [0.2, 0.25) is 0 Å². The molecule has 0 N–H and O–H groups in total. The standard InChI is InChI=1S/C9H15NO3/c11-10-6-8-7-12-9(13-8)4-2-1-3-5-9/h8H,1-7H2. The Hall–Kier alpha value is -0.480. The molecule has 1 saturated heterocycles. The maximum absolute atomic E-state index is 10.0. The molecule has 0 aromatic carbocycles. The molecule has 1 atom stereocenters. The van der Waals surface area contributed by atoms with Gasteiger partial charge in [-0.3, -0.25) is 0 Å². The van der Waals surface area contributed by atoms with Gasteiger partial charge in [-0.2, -0.15) is 4.91 Å². The Morgan fingerprint density at radius 3 is 2.77 bits per heavy atom. The van der Waals surface area contributed by atoms with E-state index >= 15 is 0 Å². The summed E-state index contributed by atoms with van der Waals surface area (Å²) in [7, 11) is 0. The van der Waals surface area contributed by atoms with Crippen LogP contribution in [0.1, 0.15) is 32.1 Å². The topological polar surface area (TPSA) is 47.9 Å². The van der Waals surface area contributed by atoms with Gasteiger partial charge >= 0.3 is 0 Å². The predicted octanol–water partition coefficient (Wildman–Crippen LogP) is 1.83. The fraction of sp³-hybridized carbons (Fsp3) is 1.00. The Morgan fingerprint density at radius 2 is 2.08 bits per heavy atom. The fourth-order valence-electron chi connectivity index (χ4n) is 2.14. The molecular formula is C9H15NO3. The summed E-state index contributed by atoms with van der Waals surface area (Å²) in [5, 5.41) is 2.84. The Bertz CT molecular complexity index is 189. The number of hydrogen-bond donors (Lipinski definition) is 0. The van der Waals surface area contributed by atoms with Crippen LogP contribution in [0.3, 0.4) is 0 Å². The third-order valence-electron chi connectivity index (χ3n) is 2.81. The number of hydrogen-bond acceptors (Lipinski definition) is 4. The molecule has 1 heterocycles. The zero-order chi connectivity index (χ0) is 9.15. The van der Waals surface area contributed by atoms with Crippen molar-refractivity contribution in [2.75, 3.05) is 13.2 Å². The summed E-state index contributed by atoms with van der Waals surface area (Å²) in [5.74, 6) is -0.354. The van der Waals surface area contributed by atoms with E-state index in [1.54, 1.807) is 0 Å². The van der Waals surface area contributed by atoms with Crippen LogP contribution in [0, 0.1) is 4.91 Å². The second kappa shape index (κ2) is 3.72. The van der Waals surface area contributed by atoms with Crippen molar-refractivity contribution in [3.05, 3.63) is 4.91 Å². The molecule has 4 nitrogen and oxygen atoms in total. The number of nitrogens with zero attached hydrogens (tertiary/aromatic N) is 1. The first kappa shape index (κ1) is 9.09. The molecule has 13 heavy (non-hydrogen) atoms. The van der Waals surface area contributed by atoms with E-state index in [1.165, 1.54) is 19.3 Å². The van der Waals surface area contributed by atoms with Crippen LogP contribution < -0.4 is 0 Å². The van der Waals surface area contributed by atoms with Crippen LogP contribution in [0.15, 0.2) is 5.18 Å². The van der Waals surface area contributed by atoms with E-state index in [1.807, 2.05) is 0 Å². The molecule has 2 fully saturated rings. The summed E-state index contributed by atoms with van der Waals surface area (Å²) < 4.78 is 11.3. The SMILES string of the molecule is O=NCC1COC2(CCCCC2)O1. The van der Waals surface area contributed by atoms with Crippen molar-refractivity contribution in [2.45, 2.75) is 44.0 Å². The third kappa shape index (κ3) is 1.89. The summed E-state index contributed by atoms with van der Waals surface area (Å²) in [4.78, 5) is 10.0. The average molecular weight is 185 g/mol. The highest BCUT2D eigenvalue weighted by atomic mass is 16.7. The second-order valence-corrected chi connectivity index (χ2v) is 3.83. The first-order valence-corrected chi connectivity index (χ1v) is 4.96. The van der Waals surface area contributed by atoms with Crippen LogP contribution in [0.2, 0.25) is 0 Å². The van der Waals surface area contributed by atoms with Gasteiger partial charge in [-0.15, -0.1) is 0 Å². The van der Waals surface area contributed by atoms with E-state index in [9.17, 15) is 4.91 Å². The van der Waals surface area contributed by atoms with Crippen molar-refractivity contribution in [3.63, 3.8) is 0 Å². The highest BCUT2D eigenvalue weighted by Crippen LogP contribution is 2.37. The number of nitroso groups, excluding NO2 is 1. The van der Waals surface area contributed by atoms with Gasteiger partial charge in [0.1, 0.15) is 12.6 Å². The van der Waals surface area contributed by atoms with Crippen molar-refractivity contribution in [1.82, 2.24) is 0 Å².